The summed E-state index contributed by atoms with van der Waals surface area (Å²) in [4.78, 5) is 11.8. The number of aryl methyl sites for hydroxylation is 1. The van der Waals surface area contributed by atoms with Crippen LogP contribution in [0.2, 0.25) is 0 Å². The normalized spacial score (nSPS) is 10.0. The highest BCUT2D eigenvalue weighted by molar-refractivity contribution is 6.04. The zero-order valence-corrected chi connectivity index (χ0v) is 9.41. The van der Waals surface area contributed by atoms with Crippen LogP contribution >= 0.6 is 0 Å². The molecule has 0 saturated heterocycles. The summed E-state index contributed by atoms with van der Waals surface area (Å²) in [6, 6.07) is 13.4. The van der Waals surface area contributed by atoms with Gasteiger partial charge in [-0.05, 0) is 42.8 Å². The van der Waals surface area contributed by atoms with E-state index in [1.807, 2.05) is 6.07 Å². The van der Waals surface area contributed by atoms with Crippen LogP contribution in [0.15, 0.2) is 48.5 Å². The molecule has 3 heteroatoms. The van der Waals surface area contributed by atoms with Gasteiger partial charge in [0.05, 0.1) is 0 Å². The molecule has 0 aliphatic heterocycles. The van der Waals surface area contributed by atoms with Crippen molar-refractivity contribution in [2.24, 2.45) is 0 Å². The van der Waals surface area contributed by atoms with Crippen LogP contribution in [0.4, 0.5) is 10.1 Å². The third kappa shape index (κ3) is 2.69. The van der Waals surface area contributed by atoms with Crippen molar-refractivity contribution in [3.05, 3.63) is 65.5 Å². The Labute approximate surface area is 99.1 Å². The van der Waals surface area contributed by atoms with Gasteiger partial charge in [-0.1, -0.05) is 18.2 Å². The van der Waals surface area contributed by atoms with Gasteiger partial charge in [0, 0.05) is 11.3 Å². The molecule has 2 nitrogen and oxygen atoms in total. The third-order valence-electron chi connectivity index (χ3n) is 2.45. The Morgan fingerprint density at radius 1 is 1.12 bits per heavy atom. The Kier molecular flexibility index (Phi) is 3.19. The van der Waals surface area contributed by atoms with Gasteiger partial charge in [-0.25, -0.2) is 4.39 Å². The number of hydrogen-bond acceptors (Lipinski definition) is 1. The van der Waals surface area contributed by atoms with E-state index in [0.717, 1.165) is 0 Å². The Balaban J connectivity index is 2.16. The van der Waals surface area contributed by atoms with Crippen LogP contribution in [0.3, 0.4) is 0 Å². The summed E-state index contributed by atoms with van der Waals surface area (Å²) in [6.07, 6.45) is 0. The molecule has 1 N–H and O–H groups in total. The van der Waals surface area contributed by atoms with Crippen LogP contribution in [-0.2, 0) is 0 Å². The van der Waals surface area contributed by atoms with Crippen LogP contribution in [0.1, 0.15) is 15.9 Å². The van der Waals surface area contributed by atoms with Gasteiger partial charge >= 0.3 is 0 Å². The van der Waals surface area contributed by atoms with E-state index in [4.69, 9.17) is 0 Å². The first-order valence-electron chi connectivity index (χ1n) is 5.29. The van der Waals surface area contributed by atoms with E-state index < -0.39 is 0 Å². The maximum atomic E-state index is 13.0. The summed E-state index contributed by atoms with van der Waals surface area (Å²) in [6.45, 7) is 1.66. The minimum absolute atomic E-state index is 0.198. The number of amides is 1. The minimum atomic E-state index is -0.275. The lowest BCUT2D eigenvalue weighted by molar-refractivity contribution is 0.102. The van der Waals surface area contributed by atoms with Crippen molar-refractivity contribution < 1.29 is 9.18 Å². The number of carbonyl (C=O) groups is 1. The van der Waals surface area contributed by atoms with Crippen molar-refractivity contribution in [1.29, 1.82) is 0 Å². The van der Waals surface area contributed by atoms with Gasteiger partial charge < -0.3 is 5.32 Å². The lowest BCUT2D eigenvalue weighted by Gasteiger charge is -2.06. The first-order chi connectivity index (χ1) is 8.16. The molecular formula is C14H12FNO. The predicted octanol–water partition coefficient (Wildman–Crippen LogP) is 3.39. The van der Waals surface area contributed by atoms with Gasteiger partial charge in [0.1, 0.15) is 5.82 Å². The smallest absolute Gasteiger partial charge is 0.255 e. The van der Waals surface area contributed by atoms with E-state index in [1.54, 1.807) is 43.3 Å². The molecule has 86 valence electrons. The number of anilines is 1. The number of nitrogens with one attached hydrogen (secondary N) is 1. The van der Waals surface area contributed by atoms with E-state index in [9.17, 15) is 9.18 Å². The molecule has 0 unspecified atom stereocenters. The average Bonchev–Trinajstić information content (AvgIpc) is 2.35. The monoisotopic (exact) mass is 229 g/mol. The molecular weight excluding hydrogens is 217 g/mol. The lowest BCUT2D eigenvalue weighted by Crippen LogP contribution is -2.11. The molecule has 0 fully saturated rings. The second-order valence-electron chi connectivity index (χ2n) is 3.78. The van der Waals surface area contributed by atoms with Crippen LogP contribution in [-0.4, -0.2) is 5.91 Å². The first kappa shape index (κ1) is 11.3. The fraction of sp³-hybridized carbons (Fsp3) is 0.0714. The summed E-state index contributed by atoms with van der Waals surface area (Å²) in [5, 5.41) is 2.72. The standard InChI is InChI=1S/C14H12FNO/c1-10-9-12(7-8-13(10)15)16-14(17)11-5-3-2-4-6-11/h2-9H,1H3,(H,16,17). The van der Waals surface area contributed by atoms with E-state index in [1.165, 1.54) is 6.07 Å². The molecule has 17 heavy (non-hydrogen) atoms. The van der Waals surface area contributed by atoms with Gasteiger partial charge in [0.25, 0.3) is 5.91 Å². The van der Waals surface area contributed by atoms with Crippen LogP contribution in [0.25, 0.3) is 0 Å². The van der Waals surface area contributed by atoms with Gasteiger partial charge in [-0.3, -0.25) is 4.79 Å². The van der Waals surface area contributed by atoms with Crippen LogP contribution in [0, 0.1) is 12.7 Å². The van der Waals surface area contributed by atoms with Crippen molar-refractivity contribution in [2.45, 2.75) is 6.92 Å². The number of rotatable bonds is 2. The summed E-state index contributed by atoms with van der Waals surface area (Å²) in [5.41, 5.74) is 1.68. The SMILES string of the molecule is Cc1cc(NC(=O)c2ccccc2)ccc1F. The molecule has 2 aromatic rings. The van der Waals surface area contributed by atoms with Crippen molar-refractivity contribution in [3.8, 4) is 0 Å². The number of halogens is 1. The highest BCUT2D eigenvalue weighted by atomic mass is 19.1. The summed E-state index contributed by atoms with van der Waals surface area (Å²) in [5.74, 6) is -0.473. The minimum Gasteiger partial charge on any atom is -0.322 e. The fourth-order valence-electron chi connectivity index (χ4n) is 1.52. The van der Waals surface area contributed by atoms with Crippen molar-refractivity contribution >= 4 is 11.6 Å². The second kappa shape index (κ2) is 4.78. The second-order valence-corrected chi connectivity index (χ2v) is 3.78. The molecule has 2 rings (SSSR count). The van der Waals surface area contributed by atoms with Crippen molar-refractivity contribution in [2.75, 3.05) is 5.32 Å². The van der Waals surface area contributed by atoms with E-state index >= 15 is 0 Å². The Morgan fingerprint density at radius 2 is 1.82 bits per heavy atom. The molecule has 0 heterocycles. The van der Waals surface area contributed by atoms with Crippen molar-refractivity contribution in [1.82, 2.24) is 0 Å². The van der Waals surface area contributed by atoms with Gasteiger partial charge in [0.15, 0.2) is 0 Å². The topological polar surface area (TPSA) is 29.1 Å². The molecule has 0 aliphatic rings. The molecule has 0 aliphatic carbocycles. The van der Waals surface area contributed by atoms with Crippen LogP contribution < -0.4 is 5.32 Å². The van der Waals surface area contributed by atoms with Crippen molar-refractivity contribution in [3.63, 3.8) is 0 Å². The van der Waals surface area contributed by atoms with E-state index in [0.29, 0.717) is 16.8 Å². The molecule has 0 spiro atoms. The number of hydrogen-bond donors (Lipinski definition) is 1. The quantitative estimate of drug-likeness (QED) is 0.840. The van der Waals surface area contributed by atoms with Gasteiger partial charge in [-0.2, -0.15) is 0 Å². The lowest BCUT2D eigenvalue weighted by atomic mass is 10.2. The van der Waals surface area contributed by atoms with E-state index in [2.05, 4.69) is 5.32 Å². The van der Waals surface area contributed by atoms with Crippen LogP contribution in [0.5, 0.6) is 0 Å². The first-order valence-corrected chi connectivity index (χ1v) is 5.29. The molecule has 0 bridgehead atoms. The average molecular weight is 229 g/mol. The zero-order chi connectivity index (χ0) is 12.3. The predicted molar refractivity (Wildman–Crippen MR) is 65.5 cm³/mol. The maximum Gasteiger partial charge on any atom is 0.255 e. The highest BCUT2D eigenvalue weighted by Crippen LogP contribution is 2.14. The molecule has 0 radical (unpaired) electrons. The fourth-order valence-corrected chi connectivity index (χ4v) is 1.52. The highest BCUT2D eigenvalue weighted by Gasteiger charge is 2.06. The Morgan fingerprint density at radius 3 is 2.47 bits per heavy atom. The number of carbonyl (C=O) groups excluding carboxylic acids is 1. The van der Waals surface area contributed by atoms with Gasteiger partial charge in [-0.15, -0.1) is 0 Å². The number of benzene rings is 2. The third-order valence-corrected chi connectivity index (χ3v) is 2.45. The summed E-state index contributed by atoms with van der Waals surface area (Å²) in [7, 11) is 0. The summed E-state index contributed by atoms with van der Waals surface area (Å²) >= 11 is 0. The van der Waals surface area contributed by atoms with E-state index in [-0.39, 0.29) is 11.7 Å². The molecule has 0 aromatic heterocycles. The van der Waals surface area contributed by atoms with Gasteiger partial charge in [0.2, 0.25) is 0 Å². The Hall–Kier alpha value is -2.16. The maximum absolute atomic E-state index is 13.0. The zero-order valence-electron chi connectivity index (χ0n) is 9.41. The molecule has 0 saturated carbocycles. The molecule has 2 aromatic carbocycles. The largest absolute Gasteiger partial charge is 0.322 e. The summed E-state index contributed by atoms with van der Waals surface area (Å²) < 4.78 is 13.0. The Bertz CT molecular complexity index is 537. The molecule has 1 amide bonds. The molecule has 0 atom stereocenters.